The number of rotatable bonds is 2. The third-order valence-electron chi connectivity index (χ3n) is 2.81. The van der Waals surface area contributed by atoms with Crippen LogP contribution in [0, 0.1) is 6.92 Å². The van der Waals surface area contributed by atoms with Gasteiger partial charge in [0.1, 0.15) is 0 Å². The molecule has 0 aliphatic rings. The Kier molecular flexibility index (Phi) is 4.53. The van der Waals surface area contributed by atoms with Crippen molar-refractivity contribution in [3.8, 4) is 0 Å². The minimum Gasteiger partial charge on any atom is -0.368 e. The van der Waals surface area contributed by atoms with Gasteiger partial charge in [-0.05, 0) is 12.5 Å². The van der Waals surface area contributed by atoms with Gasteiger partial charge in [-0.15, -0.1) is 11.6 Å². The lowest BCUT2D eigenvalue weighted by atomic mass is 10.1. The summed E-state index contributed by atoms with van der Waals surface area (Å²) in [5.41, 5.74) is 8.80. The summed E-state index contributed by atoms with van der Waals surface area (Å²) in [6.45, 7) is 2.76. The van der Waals surface area contributed by atoms with Gasteiger partial charge < -0.3 is 5.73 Å². The molecule has 6 heteroatoms. The Labute approximate surface area is 122 Å². The van der Waals surface area contributed by atoms with E-state index in [0.29, 0.717) is 6.54 Å². The van der Waals surface area contributed by atoms with Gasteiger partial charge in [-0.3, -0.25) is 0 Å². The molecule has 0 saturated carbocycles. The van der Waals surface area contributed by atoms with Crippen LogP contribution in [-0.4, -0.2) is 26.1 Å². The molecule has 0 saturated heterocycles. The van der Waals surface area contributed by atoms with Crippen LogP contribution in [0.4, 0.5) is 5.95 Å². The molecule has 104 valence electrons. The molecule has 3 aromatic rings. The molecule has 0 amide bonds. The molecule has 0 unspecified atom stereocenters. The molecule has 0 bridgehead atoms. The minimum atomic E-state index is 0.272. The summed E-state index contributed by atoms with van der Waals surface area (Å²) >= 11 is 4.64. The van der Waals surface area contributed by atoms with Crippen LogP contribution in [0.25, 0.3) is 11.0 Å². The molecule has 5 nitrogen and oxygen atoms in total. The number of anilines is 1. The smallest absolute Gasteiger partial charge is 0.222 e. The van der Waals surface area contributed by atoms with Crippen molar-refractivity contribution >= 4 is 28.6 Å². The van der Waals surface area contributed by atoms with E-state index in [2.05, 4.69) is 51.8 Å². The Morgan fingerprint density at radius 1 is 1.25 bits per heavy atom. The third kappa shape index (κ3) is 3.05. The molecule has 1 aromatic carbocycles. The van der Waals surface area contributed by atoms with Gasteiger partial charge in [0.2, 0.25) is 5.95 Å². The van der Waals surface area contributed by atoms with E-state index in [-0.39, 0.29) is 5.95 Å². The molecule has 0 fully saturated rings. The summed E-state index contributed by atoms with van der Waals surface area (Å²) in [6.07, 6.45) is 4.92. The maximum atomic E-state index is 5.61. The van der Waals surface area contributed by atoms with Crippen LogP contribution in [-0.2, 0) is 6.54 Å². The van der Waals surface area contributed by atoms with Gasteiger partial charge >= 0.3 is 0 Å². The highest BCUT2D eigenvalue weighted by atomic mass is 35.5. The standard InChI is InChI=1S/C13H13N5.CH3Cl/c1-9-3-2-4-10(5-9)8-18-12-11(7-16-18)6-15-13(14)17-12;1-2/h2-7H,8H2,1H3,(H2,14,15,17);1H3. The van der Waals surface area contributed by atoms with Gasteiger partial charge in [0.15, 0.2) is 5.65 Å². The molecule has 0 aliphatic carbocycles. The first-order valence-corrected chi connectivity index (χ1v) is 6.85. The number of nitrogens with two attached hydrogens (primary N) is 1. The van der Waals surface area contributed by atoms with Crippen LogP contribution in [0.1, 0.15) is 11.1 Å². The second kappa shape index (κ2) is 6.34. The van der Waals surface area contributed by atoms with Crippen LogP contribution in [0.2, 0.25) is 0 Å². The quantitative estimate of drug-likeness (QED) is 0.736. The molecule has 2 heterocycles. The van der Waals surface area contributed by atoms with Crippen LogP contribution >= 0.6 is 11.6 Å². The molecular formula is C14H16ClN5. The summed E-state index contributed by atoms with van der Waals surface area (Å²) < 4.78 is 1.84. The first kappa shape index (κ1) is 14.3. The van der Waals surface area contributed by atoms with E-state index < -0.39 is 0 Å². The first-order chi connectivity index (χ1) is 9.72. The van der Waals surface area contributed by atoms with Gasteiger partial charge in [0.25, 0.3) is 0 Å². The number of halogens is 1. The monoisotopic (exact) mass is 289 g/mol. The first-order valence-electron chi connectivity index (χ1n) is 6.10. The fraction of sp³-hybridized carbons (Fsp3) is 0.214. The lowest BCUT2D eigenvalue weighted by Crippen LogP contribution is -2.04. The second-order valence-corrected chi connectivity index (χ2v) is 4.30. The van der Waals surface area contributed by atoms with E-state index >= 15 is 0 Å². The van der Waals surface area contributed by atoms with Gasteiger partial charge in [-0.2, -0.15) is 10.1 Å². The zero-order valence-corrected chi connectivity index (χ0v) is 12.2. The van der Waals surface area contributed by atoms with E-state index in [1.807, 2.05) is 10.7 Å². The van der Waals surface area contributed by atoms with Crippen molar-refractivity contribution in [1.82, 2.24) is 19.7 Å². The number of aryl methyl sites for hydroxylation is 1. The Morgan fingerprint density at radius 3 is 2.80 bits per heavy atom. The highest BCUT2D eigenvalue weighted by Gasteiger charge is 2.06. The predicted molar refractivity (Wildman–Crippen MR) is 81.8 cm³/mol. The molecule has 0 spiro atoms. The largest absolute Gasteiger partial charge is 0.368 e. The van der Waals surface area contributed by atoms with E-state index in [4.69, 9.17) is 5.73 Å². The van der Waals surface area contributed by atoms with Crippen molar-refractivity contribution in [1.29, 1.82) is 0 Å². The lowest BCUT2D eigenvalue weighted by molar-refractivity contribution is 0.704. The SMILES string of the molecule is CCl.Cc1cccc(Cn2ncc3cnc(N)nc32)c1. The summed E-state index contributed by atoms with van der Waals surface area (Å²) in [7, 11) is 0. The maximum Gasteiger partial charge on any atom is 0.222 e. The Hall–Kier alpha value is -2.14. The van der Waals surface area contributed by atoms with Gasteiger partial charge in [0, 0.05) is 12.6 Å². The molecule has 2 aromatic heterocycles. The molecule has 0 atom stereocenters. The normalized spacial score (nSPS) is 10.2. The third-order valence-corrected chi connectivity index (χ3v) is 2.81. The van der Waals surface area contributed by atoms with Crippen LogP contribution in [0.5, 0.6) is 0 Å². The molecule has 2 N–H and O–H groups in total. The van der Waals surface area contributed by atoms with Crippen LogP contribution < -0.4 is 5.73 Å². The fourth-order valence-electron chi connectivity index (χ4n) is 1.98. The average Bonchev–Trinajstić information content (AvgIpc) is 2.84. The molecule has 0 radical (unpaired) electrons. The summed E-state index contributed by atoms with van der Waals surface area (Å²) in [5.74, 6) is 0.272. The number of hydrogen-bond acceptors (Lipinski definition) is 4. The molecule has 0 aliphatic heterocycles. The predicted octanol–water partition coefficient (Wildman–Crippen LogP) is 2.62. The number of nitrogens with zero attached hydrogens (tertiary/aromatic N) is 4. The number of hydrogen-bond donors (Lipinski definition) is 1. The van der Waals surface area contributed by atoms with E-state index in [1.165, 1.54) is 17.5 Å². The van der Waals surface area contributed by atoms with Crippen LogP contribution in [0.3, 0.4) is 0 Å². The van der Waals surface area contributed by atoms with Crippen molar-refractivity contribution in [2.75, 3.05) is 12.1 Å². The fourth-order valence-corrected chi connectivity index (χ4v) is 1.98. The molecular weight excluding hydrogens is 274 g/mol. The Bertz CT molecular complexity index is 708. The minimum absolute atomic E-state index is 0.272. The lowest BCUT2D eigenvalue weighted by Gasteiger charge is -2.04. The summed E-state index contributed by atoms with van der Waals surface area (Å²) in [6, 6.07) is 8.33. The molecule has 3 rings (SSSR count). The highest BCUT2D eigenvalue weighted by molar-refractivity contribution is 6.15. The van der Waals surface area contributed by atoms with E-state index in [1.54, 1.807) is 12.4 Å². The van der Waals surface area contributed by atoms with Gasteiger partial charge in [-0.25, -0.2) is 9.67 Å². The second-order valence-electron chi connectivity index (χ2n) is 4.30. The summed E-state index contributed by atoms with van der Waals surface area (Å²) in [5, 5.41) is 5.22. The van der Waals surface area contributed by atoms with Gasteiger partial charge in [0.05, 0.1) is 18.1 Å². The van der Waals surface area contributed by atoms with Gasteiger partial charge in [-0.1, -0.05) is 29.8 Å². The van der Waals surface area contributed by atoms with Crippen molar-refractivity contribution in [3.63, 3.8) is 0 Å². The van der Waals surface area contributed by atoms with Crippen molar-refractivity contribution < 1.29 is 0 Å². The van der Waals surface area contributed by atoms with E-state index in [9.17, 15) is 0 Å². The Morgan fingerprint density at radius 2 is 2.05 bits per heavy atom. The highest BCUT2D eigenvalue weighted by Crippen LogP contribution is 2.13. The zero-order chi connectivity index (χ0) is 14.5. The number of alkyl halides is 1. The Balaban J connectivity index is 0.000000704. The maximum absolute atomic E-state index is 5.61. The zero-order valence-electron chi connectivity index (χ0n) is 11.4. The number of nitrogen functional groups attached to an aromatic ring is 1. The van der Waals surface area contributed by atoms with Crippen molar-refractivity contribution in [2.24, 2.45) is 0 Å². The summed E-state index contributed by atoms with van der Waals surface area (Å²) in [4.78, 5) is 8.18. The van der Waals surface area contributed by atoms with Crippen molar-refractivity contribution in [3.05, 3.63) is 47.8 Å². The number of fused-ring (bicyclic) bond motifs is 1. The van der Waals surface area contributed by atoms with Crippen molar-refractivity contribution in [2.45, 2.75) is 13.5 Å². The number of benzene rings is 1. The van der Waals surface area contributed by atoms with Crippen LogP contribution in [0.15, 0.2) is 36.7 Å². The number of aromatic nitrogens is 4. The average molecular weight is 290 g/mol. The van der Waals surface area contributed by atoms with E-state index in [0.717, 1.165) is 11.0 Å². The topological polar surface area (TPSA) is 69.6 Å². The molecule has 20 heavy (non-hydrogen) atoms.